The topological polar surface area (TPSA) is 53.3 Å². The molecule has 0 unspecified atom stereocenters. The maximum absolute atomic E-state index is 11.9. The van der Waals surface area contributed by atoms with Crippen molar-refractivity contribution in [2.45, 2.75) is 19.8 Å². The van der Waals surface area contributed by atoms with Crippen LogP contribution in [0.3, 0.4) is 0 Å². The van der Waals surface area contributed by atoms with Gasteiger partial charge >= 0.3 is 0 Å². The fraction of sp³-hybridized carbons (Fsp3) is 0.385. The molecule has 1 aromatic carbocycles. The number of hydrogen-bond acceptors (Lipinski definition) is 3. The molecule has 0 aliphatic rings. The molecular formula is C13H15ClN2O2. The molecule has 0 aromatic heterocycles. The summed E-state index contributed by atoms with van der Waals surface area (Å²) in [5.74, 6) is 0.476. The molecule has 0 spiro atoms. The van der Waals surface area contributed by atoms with Crippen molar-refractivity contribution < 1.29 is 9.53 Å². The van der Waals surface area contributed by atoms with Crippen molar-refractivity contribution in [2.24, 2.45) is 0 Å². The van der Waals surface area contributed by atoms with Crippen LogP contribution in [0.15, 0.2) is 12.1 Å². The number of hydrogen-bond donors (Lipinski definition) is 0. The second-order valence-corrected chi connectivity index (χ2v) is 4.32. The molecule has 0 bridgehead atoms. The summed E-state index contributed by atoms with van der Waals surface area (Å²) >= 11 is 5.99. The largest absolute Gasteiger partial charge is 0.494 e. The van der Waals surface area contributed by atoms with Gasteiger partial charge in [-0.25, -0.2) is 0 Å². The Morgan fingerprint density at radius 1 is 1.56 bits per heavy atom. The monoisotopic (exact) mass is 266 g/mol. The number of rotatable bonds is 4. The van der Waals surface area contributed by atoms with Crippen LogP contribution in [0.1, 0.15) is 18.4 Å². The summed E-state index contributed by atoms with van der Waals surface area (Å²) in [7, 11) is 3.20. The molecule has 1 amide bonds. The van der Waals surface area contributed by atoms with Crippen molar-refractivity contribution in [3.63, 3.8) is 0 Å². The van der Waals surface area contributed by atoms with E-state index < -0.39 is 0 Å². The lowest BCUT2D eigenvalue weighted by molar-refractivity contribution is -0.118. The number of aryl methyl sites for hydroxylation is 1. The SMILES string of the molecule is COc1c(C)cc(Cl)cc1N(C)C(=O)CCC#N. The van der Waals surface area contributed by atoms with Crippen LogP contribution in [0.5, 0.6) is 5.75 Å². The van der Waals surface area contributed by atoms with Gasteiger partial charge in [0.15, 0.2) is 0 Å². The lowest BCUT2D eigenvalue weighted by atomic mass is 10.1. The highest BCUT2D eigenvalue weighted by molar-refractivity contribution is 6.31. The van der Waals surface area contributed by atoms with Gasteiger partial charge in [-0.1, -0.05) is 11.6 Å². The van der Waals surface area contributed by atoms with Gasteiger partial charge in [-0.2, -0.15) is 5.26 Å². The Labute approximate surface area is 112 Å². The molecule has 18 heavy (non-hydrogen) atoms. The number of benzene rings is 1. The number of halogens is 1. The van der Waals surface area contributed by atoms with Crippen LogP contribution in [0.4, 0.5) is 5.69 Å². The van der Waals surface area contributed by atoms with Gasteiger partial charge in [0, 0.05) is 24.9 Å². The fourth-order valence-electron chi connectivity index (χ4n) is 1.69. The van der Waals surface area contributed by atoms with E-state index in [1.165, 1.54) is 4.90 Å². The Bertz CT molecular complexity index is 494. The summed E-state index contributed by atoms with van der Waals surface area (Å²) in [6, 6.07) is 5.41. The highest BCUT2D eigenvalue weighted by Gasteiger charge is 2.17. The van der Waals surface area contributed by atoms with Crippen molar-refractivity contribution in [3.05, 3.63) is 22.7 Å². The molecule has 1 rings (SSSR count). The smallest absolute Gasteiger partial charge is 0.227 e. The first-order valence-electron chi connectivity index (χ1n) is 5.49. The first-order chi connectivity index (χ1) is 8.51. The van der Waals surface area contributed by atoms with Crippen LogP contribution >= 0.6 is 11.6 Å². The third-order valence-electron chi connectivity index (χ3n) is 2.61. The van der Waals surface area contributed by atoms with E-state index in [0.29, 0.717) is 16.5 Å². The van der Waals surface area contributed by atoms with Gasteiger partial charge in [0.2, 0.25) is 5.91 Å². The fourth-order valence-corrected chi connectivity index (χ4v) is 1.96. The van der Waals surface area contributed by atoms with E-state index in [4.69, 9.17) is 21.6 Å². The number of nitriles is 1. The molecule has 5 heteroatoms. The Kier molecular flexibility index (Phi) is 4.99. The molecule has 0 aliphatic heterocycles. The predicted octanol–water partition coefficient (Wildman–Crippen LogP) is 2.92. The average molecular weight is 267 g/mol. The number of amides is 1. The maximum Gasteiger partial charge on any atom is 0.227 e. The zero-order valence-electron chi connectivity index (χ0n) is 10.7. The van der Waals surface area contributed by atoms with Crippen LogP contribution in [0.25, 0.3) is 0 Å². The normalized spacial score (nSPS) is 9.72. The van der Waals surface area contributed by atoms with E-state index in [9.17, 15) is 4.79 Å². The van der Waals surface area contributed by atoms with E-state index in [1.807, 2.05) is 13.0 Å². The average Bonchev–Trinajstić information content (AvgIpc) is 2.34. The van der Waals surface area contributed by atoms with Gasteiger partial charge < -0.3 is 9.64 Å². The standard InChI is InChI=1S/C13H15ClN2O2/c1-9-7-10(14)8-11(13(9)18-3)16(2)12(17)5-4-6-15/h7-8H,4-5H2,1-3H3. The third kappa shape index (κ3) is 3.14. The Morgan fingerprint density at radius 3 is 2.78 bits per heavy atom. The number of ether oxygens (including phenoxy) is 1. The quantitative estimate of drug-likeness (QED) is 0.842. The van der Waals surface area contributed by atoms with Crippen molar-refractivity contribution in [2.75, 3.05) is 19.1 Å². The van der Waals surface area contributed by atoms with Crippen LogP contribution < -0.4 is 9.64 Å². The van der Waals surface area contributed by atoms with E-state index in [1.54, 1.807) is 26.3 Å². The highest BCUT2D eigenvalue weighted by atomic mass is 35.5. The molecule has 4 nitrogen and oxygen atoms in total. The summed E-state index contributed by atoms with van der Waals surface area (Å²) in [6.45, 7) is 1.86. The molecule has 0 saturated carbocycles. The highest BCUT2D eigenvalue weighted by Crippen LogP contribution is 2.34. The predicted molar refractivity (Wildman–Crippen MR) is 71.0 cm³/mol. The van der Waals surface area contributed by atoms with Crippen molar-refractivity contribution >= 4 is 23.2 Å². The molecule has 0 radical (unpaired) electrons. The second-order valence-electron chi connectivity index (χ2n) is 3.89. The summed E-state index contributed by atoms with van der Waals surface area (Å²) < 4.78 is 5.29. The van der Waals surface area contributed by atoms with Gasteiger partial charge in [-0.3, -0.25) is 4.79 Å². The van der Waals surface area contributed by atoms with Crippen LogP contribution in [0.2, 0.25) is 5.02 Å². The van der Waals surface area contributed by atoms with Crippen LogP contribution in [-0.4, -0.2) is 20.1 Å². The van der Waals surface area contributed by atoms with E-state index >= 15 is 0 Å². The number of anilines is 1. The Hall–Kier alpha value is -1.73. The van der Waals surface area contributed by atoms with Crippen LogP contribution in [-0.2, 0) is 4.79 Å². The molecule has 96 valence electrons. The second kappa shape index (κ2) is 6.27. The molecular weight excluding hydrogens is 252 g/mol. The summed E-state index contributed by atoms with van der Waals surface area (Å²) in [5.41, 5.74) is 1.48. The lowest BCUT2D eigenvalue weighted by Crippen LogP contribution is -2.26. The summed E-state index contributed by atoms with van der Waals surface area (Å²) in [5, 5.41) is 9.03. The van der Waals surface area contributed by atoms with Gasteiger partial charge in [0.25, 0.3) is 0 Å². The number of methoxy groups -OCH3 is 1. The van der Waals surface area contributed by atoms with Gasteiger partial charge in [0.1, 0.15) is 5.75 Å². The minimum atomic E-state index is -0.142. The maximum atomic E-state index is 11.9. The zero-order valence-corrected chi connectivity index (χ0v) is 11.4. The van der Waals surface area contributed by atoms with E-state index in [2.05, 4.69) is 0 Å². The molecule has 0 aliphatic carbocycles. The van der Waals surface area contributed by atoms with Crippen LogP contribution in [0, 0.1) is 18.3 Å². The van der Waals surface area contributed by atoms with Gasteiger partial charge in [-0.15, -0.1) is 0 Å². The molecule has 1 aromatic rings. The van der Waals surface area contributed by atoms with Gasteiger partial charge in [-0.05, 0) is 24.6 Å². The molecule has 0 heterocycles. The number of carbonyl (C=O) groups excluding carboxylic acids is 1. The molecule has 0 atom stereocenters. The van der Waals surface area contributed by atoms with Crippen molar-refractivity contribution in [3.8, 4) is 11.8 Å². The summed E-state index contributed by atoms with van der Waals surface area (Å²) in [4.78, 5) is 13.3. The molecule has 0 fully saturated rings. The lowest BCUT2D eigenvalue weighted by Gasteiger charge is -2.21. The molecule has 0 N–H and O–H groups in total. The van der Waals surface area contributed by atoms with E-state index in [-0.39, 0.29) is 18.7 Å². The number of nitrogens with zero attached hydrogens (tertiary/aromatic N) is 2. The summed E-state index contributed by atoms with van der Waals surface area (Å²) in [6.07, 6.45) is 0.382. The van der Waals surface area contributed by atoms with Crippen molar-refractivity contribution in [1.82, 2.24) is 0 Å². The van der Waals surface area contributed by atoms with Crippen molar-refractivity contribution in [1.29, 1.82) is 5.26 Å². The first-order valence-corrected chi connectivity index (χ1v) is 5.86. The van der Waals surface area contributed by atoms with E-state index in [0.717, 1.165) is 5.56 Å². The third-order valence-corrected chi connectivity index (χ3v) is 2.83. The first kappa shape index (κ1) is 14.3. The van der Waals surface area contributed by atoms with Gasteiger partial charge in [0.05, 0.1) is 18.9 Å². The zero-order chi connectivity index (χ0) is 13.7. The minimum Gasteiger partial charge on any atom is -0.494 e. The minimum absolute atomic E-state index is 0.142. The Morgan fingerprint density at radius 2 is 2.22 bits per heavy atom. The molecule has 0 saturated heterocycles. The number of carbonyl (C=O) groups is 1. The Balaban J connectivity index is 3.08.